The highest BCUT2D eigenvalue weighted by Crippen LogP contribution is 2.35. The maximum absolute atomic E-state index is 6.36. The third-order valence-electron chi connectivity index (χ3n) is 3.45. The van der Waals surface area contributed by atoms with Gasteiger partial charge in [0.25, 0.3) is 0 Å². The molecule has 2 aromatic rings. The Hall–Kier alpha value is -1.04. The number of hydrogen-bond donors (Lipinski definition) is 1. The van der Waals surface area contributed by atoms with Gasteiger partial charge in [0.1, 0.15) is 5.82 Å². The number of aryl methyl sites for hydroxylation is 1. The highest BCUT2D eigenvalue weighted by molar-refractivity contribution is 7.99. The van der Waals surface area contributed by atoms with E-state index in [9.17, 15) is 0 Å². The topological polar surface area (TPSA) is 42.7 Å². The van der Waals surface area contributed by atoms with Gasteiger partial charge in [-0.1, -0.05) is 23.7 Å². The summed E-state index contributed by atoms with van der Waals surface area (Å²) in [6.45, 7) is 2.80. The molecular weight excluding hydrogens is 292 g/mol. The van der Waals surface area contributed by atoms with E-state index in [-0.39, 0.29) is 0 Å². The van der Waals surface area contributed by atoms with Crippen LogP contribution in [0.15, 0.2) is 28.3 Å². The lowest BCUT2D eigenvalue weighted by molar-refractivity contribution is 0.680. The van der Waals surface area contributed by atoms with Gasteiger partial charge in [0, 0.05) is 24.5 Å². The number of nitrogens with one attached hydrogen (secondary N) is 1. The molecule has 0 radical (unpaired) electrons. The lowest BCUT2D eigenvalue weighted by Gasteiger charge is -2.11. The Kier molecular flexibility index (Phi) is 4.01. The van der Waals surface area contributed by atoms with Crippen LogP contribution in [0.1, 0.15) is 24.2 Å². The third-order valence-corrected chi connectivity index (χ3v) is 5.10. The second kappa shape index (κ2) is 5.76. The summed E-state index contributed by atoms with van der Waals surface area (Å²) in [5.41, 5.74) is 1.22. The molecule has 0 spiro atoms. The molecule has 20 heavy (non-hydrogen) atoms. The molecule has 106 valence electrons. The van der Waals surface area contributed by atoms with Crippen LogP contribution in [0.2, 0.25) is 5.02 Å². The summed E-state index contributed by atoms with van der Waals surface area (Å²) in [5, 5.41) is 13.5. The number of aromatic nitrogens is 3. The summed E-state index contributed by atoms with van der Waals surface area (Å²) in [4.78, 5) is 1.07. The van der Waals surface area contributed by atoms with Crippen LogP contribution in [0.3, 0.4) is 0 Å². The number of halogens is 1. The first-order valence-corrected chi connectivity index (χ1v) is 7.89. The number of rotatable bonds is 5. The summed E-state index contributed by atoms with van der Waals surface area (Å²) in [7, 11) is 1.97. The Bertz CT molecular complexity index is 622. The predicted molar refractivity (Wildman–Crippen MR) is 81.2 cm³/mol. The molecule has 0 saturated heterocycles. The minimum atomic E-state index is 0.684. The van der Waals surface area contributed by atoms with E-state index in [4.69, 9.17) is 11.6 Å². The van der Waals surface area contributed by atoms with E-state index in [1.165, 1.54) is 18.4 Å². The van der Waals surface area contributed by atoms with E-state index in [0.717, 1.165) is 27.4 Å². The molecule has 1 aromatic heterocycles. The fraction of sp³-hybridized carbons (Fsp3) is 0.429. The van der Waals surface area contributed by atoms with Crippen molar-refractivity contribution in [3.8, 4) is 0 Å². The van der Waals surface area contributed by atoms with Crippen LogP contribution in [-0.2, 0) is 13.6 Å². The maximum Gasteiger partial charge on any atom is 0.195 e. The molecule has 4 nitrogen and oxygen atoms in total. The number of benzene rings is 1. The van der Waals surface area contributed by atoms with Crippen molar-refractivity contribution < 1.29 is 0 Å². The van der Waals surface area contributed by atoms with E-state index in [1.54, 1.807) is 11.8 Å². The Balaban J connectivity index is 1.84. The average molecular weight is 309 g/mol. The third kappa shape index (κ3) is 3.00. The lowest BCUT2D eigenvalue weighted by Crippen LogP contribution is -2.15. The summed E-state index contributed by atoms with van der Waals surface area (Å²) < 4.78 is 1.98. The van der Waals surface area contributed by atoms with Crippen molar-refractivity contribution in [2.75, 3.05) is 0 Å². The Morgan fingerprint density at radius 3 is 2.85 bits per heavy atom. The Labute approximate surface area is 127 Å². The molecule has 1 aromatic carbocycles. The van der Waals surface area contributed by atoms with Crippen molar-refractivity contribution >= 4 is 23.4 Å². The maximum atomic E-state index is 6.36. The first kappa shape index (κ1) is 13.9. The van der Waals surface area contributed by atoms with E-state index in [0.29, 0.717) is 6.04 Å². The first-order chi connectivity index (χ1) is 9.65. The van der Waals surface area contributed by atoms with E-state index in [2.05, 4.69) is 21.6 Å². The van der Waals surface area contributed by atoms with Gasteiger partial charge in [-0.05, 0) is 43.2 Å². The molecule has 1 saturated carbocycles. The van der Waals surface area contributed by atoms with E-state index >= 15 is 0 Å². The van der Waals surface area contributed by atoms with Gasteiger partial charge in [0.15, 0.2) is 5.16 Å². The quantitative estimate of drug-likeness (QED) is 0.921. The standard InChI is InChI=1S/C14H17ClN4S/c1-9-17-18-14(19(9)2)20-13-10(4-3-5-12(13)15)8-16-11-6-7-11/h3-5,11,16H,6-8H2,1-2H3. The molecule has 1 heterocycles. The molecule has 1 fully saturated rings. The smallest absolute Gasteiger partial charge is 0.195 e. The lowest BCUT2D eigenvalue weighted by atomic mass is 10.2. The summed E-state index contributed by atoms with van der Waals surface area (Å²) in [6.07, 6.45) is 2.57. The molecule has 3 rings (SSSR count). The van der Waals surface area contributed by atoms with Gasteiger partial charge in [0.05, 0.1) is 5.02 Å². The summed E-state index contributed by atoms with van der Waals surface area (Å²) in [5.74, 6) is 0.900. The second-order valence-corrected chi connectivity index (χ2v) is 6.46. The predicted octanol–water partition coefficient (Wildman–Crippen LogP) is 3.18. The summed E-state index contributed by atoms with van der Waals surface area (Å²) >= 11 is 7.94. The van der Waals surface area contributed by atoms with Crippen LogP contribution in [0, 0.1) is 6.92 Å². The fourth-order valence-electron chi connectivity index (χ4n) is 1.92. The first-order valence-electron chi connectivity index (χ1n) is 6.70. The molecular formula is C14H17ClN4S. The highest BCUT2D eigenvalue weighted by Gasteiger charge is 2.21. The second-order valence-electron chi connectivity index (χ2n) is 5.07. The van der Waals surface area contributed by atoms with Gasteiger partial charge in [-0.3, -0.25) is 0 Å². The van der Waals surface area contributed by atoms with Crippen LogP contribution in [0.4, 0.5) is 0 Å². The van der Waals surface area contributed by atoms with Gasteiger partial charge >= 0.3 is 0 Å². The number of hydrogen-bond acceptors (Lipinski definition) is 4. The monoisotopic (exact) mass is 308 g/mol. The zero-order valence-corrected chi connectivity index (χ0v) is 13.1. The van der Waals surface area contributed by atoms with Gasteiger partial charge in [-0.15, -0.1) is 10.2 Å². The Morgan fingerprint density at radius 2 is 2.20 bits per heavy atom. The van der Waals surface area contributed by atoms with Crippen LogP contribution >= 0.6 is 23.4 Å². The zero-order chi connectivity index (χ0) is 14.1. The van der Waals surface area contributed by atoms with E-state index in [1.807, 2.05) is 30.7 Å². The van der Waals surface area contributed by atoms with Crippen molar-refractivity contribution in [1.82, 2.24) is 20.1 Å². The fourth-order valence-corrected chi connectivity index (χ4v) is 3.20. The summed E-state index contributed by atoms with van der Waals surface area (Å²) in [6, 6.07) is 6.72. The van der Waals surface area contributed by atoms with Crippen LogP contribution in [-0.4, -0.2) is 20.8 Å². The molecule has 1 N–H and O–H groups in total. The van der Waals surface area contributed by atoms with Crippen LogP contribution in [0.5, 0.6) is 0 Å². The molecule has 0 amide bonds. The van der Waals surface area contributed by atoms with Crippen molar-refractivity contribution in [1.29, 1.82) is 0 Å². The number of nitrogens with zero attached hydrogens (tertiary/aromatic N) is 3. The Morgan fingerprint density at radius 1 is 1.40 bits per heavy atom. The molecule has 0 atom stereocenters. The zero-order valence-electron chi connectivity index (χ0n) is 11.6. The SMILES string of the molecule is Cc1nnc(Sc2c(Cl)cccc2CNC2CC2)n1C. The van der Waals surface area contributed by atoms with Gasteiger partial charge < -0.3 is 9.88 Å². The molecule has 6 heteroatoms. The van der Waals surface area contributed by atoms with Gasteiger partial charge in [-0.25, -0.2) is 0 Å². The van der Waals surface area contributed by atoms with Crippen molar-refractivity contribution in [3.63, 3.8) is 0 Å². The molecule has 1 aliphatic rings. The van der Waals surface area contributed by atoms with E-state index < -0.39 is 0 Å². The van der Waals surface area contributed by atoms with Crippen molar-refractivity contribution in [3.05, 3.63) is 34.6 Å². The molecule has 0 bridgehead atoms. The van der Waals surface area contributed by atoms with Gasteiger partial charge in [-0.2, -0.15) is 0 Å². The minimum Gasteiger partial charge on any atom is -0.310 e. The average Bonchev–Trinajstić information content (AvgIpc) is 3.21. The van der Waals surface area contributed by atoms with Crippen LogP contribution in [0.25, 0.3) is 0 Å². The van der Waals surface area contributed by atoms with Crippen LogP contribution < -0.4 is 5.32 Å². The van der Waals surface area contributed by atoms with Crippen molar-refractivity contribution in [2.45, 2.75) is 42.4 Å². The minimum absolute atomic E-state index is 0.684. The largest absolute Gasteiger partial charge is 0.310 e. The van der Waals surface area contributed by atoms with Gasteiger partial charge in [0.2, 0.25) is 0 Å². The molecule has 1 aliphatic carbocycles. The highest BCUT2D eigenvalue weighted by atomic mass is 35.5. The normalized spacial score (nSPS) is 14.8. The van der Waals surface area contributed by atoms with Crippen molar-refractivity contribution in [2.24, 2.45) is 7.05 Å². The molecule has 0 unspecified atom stereocenters. The molecule has 0 aliphatic heterocycles.